The van der Waals surface area contributed by atoms with Crippen molar-refractivity contribution in [1.82, 2.24) is 10.8 Å². The van der Waals surface area contributed by atoms with Crippen LogP contribution in [0.25, 0.3) is 0 Å². The molecule has 3 heteroatoms. The topological polar surface area (TPSA) is 33.3 Å². The van der Waals surface area contributed by atoms with Crippen LogP contribution in [0.1, 0.15) is 28.1 Å². The Kier molecular flexibility index (Phi) is 8.88. The average molecular weight is 176 g/mol. The monoisotopic (exact) mass is 176 g/mol. The molecule has 0 aromatic heterocycles. The van der Waals surface area contributed by atoms with Crippen molar-refractivity contribution in [3.8, 4) is 0 Å². The van der Waals surface area contributed by atoms with Gasteiger partial charge < -0.3 is 10.2 Å². The van der Waals surface area contributed by atoms with Crippen LogP contribution in [-0.4, -0.2) is 26.7 Å². The number of hydrogen-bond acceptors (Lipinski definition) is 3. The lowest BCUT2D eigenvalue weighted by molar-refractivity contribution is 0.0261. The minimum Gasteiger partial charge on any atom is -0.316 e. The van der Waals surface area contributed by atoms with E-state index < -0.39 is 0 Å². The van der Waals surface area contributed by atoms with Crippen LogP contribution in [0, 0.1) is 5.92 Å². The number of rotatable bonds is 3. The molecule has 0 bridgehead atoms. The molecule has 0 saturated carbocycles. The van der Waals surface area contributed by atoms with Crippen LogP contribution in [0.4, 0.5) is 0 Å². The van der Waals surface area contributed by atoms with E-state index in [4.69, 9.17) is 4.84 Å². The van der Waals surface area contributed by atoms with Gasteiger partial charge >= 0.3 is 0 Å². The van der Waals surface area contributed by atoms with Crippen molar-refractivity contribution in [2.24, 2.45) is 5.92 Å². The fourth-order valence-electron chi connectivity index (χ4n) is 1.27. The van der Waals surface area contributed by atoms with Gasteiger partial charge in [0.2, 0.25) is 0 Å². The molecule has 1 saturated heterocycles. The largest absolute Gasteiger partial charge is 0.316 e. The van der Waals surface area contributed by atoms with Crippen LogP contribution < -0.4 is 10.8 Å². The molecule has 12 heavy (non-hydrogen) atoms. The number of hydroxylamine groups is 1. The first-order chi connectivity index (χ1) is 5.93. The summed E-state index contributed by atoms with van der Waals surface area (Å²) in [5.74, 6) is 0.709. The summed E-state index contributed by atoms with van der Waals surface area (Å²) in [5.41, 5.74) is 2.69. The van der Waals surface area contributed by atoms with Gasteiger partial charge in [0.1, 0.15) is 0 Å². The van der Waals surface area contributed by atoms with E-state index in [1.54, 1.807) is 7.05 Å². The summed E-state index contributed by atoms with van der Waals surface area (Å²) >= 11 is 0. The highest BCUT2D eigenvalue weighted by atomic mass is 16.6. The molecule has 0 amide bonds. The second-order valence-electron chi connectivity index (χ2n) is 2.73. The van der Waals surface area contributed by atoms with Gasteiger partial charge in [0.05, 0.1) is 6.61 Å². The van der Waals surface area contributed by atoms with Crippen molar-refractivity contribution in [2.45, 2.75) is 26.7 Å². The molecule has 0 spiro atoms. The van der Waals surface area contributed by atoms with E-state index in [1.807, 2.05) is 13.8 Å². The normalized spacial score (nSPS) is 22.8. The molecule has 2 N–H and O–H groups in total. The first kappa shape index (κ1) is 11.9. The minimum absolute atomic E-state index is 0. The van der Waals surface area contributed by atoms with Crippen LogP contribution in [0.5, 0.6) is 0 Å². The fraction of sp³-hybridized carbons (Fsp3) is 1.00. The average Bonchev–Trinajstić information content (AvgIpc) is 2.19. The Hall–Kier alpha value is -0.120. The van der Waals surface area contributed by atoms with Gasteiger partial charge in [-0.2, -0.15) is 0 Å². The Morgan fingerprint density at radius 3 is 2.83 bits per heavy atom. The first-order valence-electron chi connectivity index (χ1n) is 4.92. The van der Waals surface area contributed by atoms with Crippen molar-refractivity contribution in [2.75, 3.05) is 26.7 Å². The molecular weight excluding hydrogens is 152 g/mol. The molecule has 0 aromatic carbocycles. The van der Waals surface area contributed by atoms with Crippen LogP contribution >= 0.6 is 0 Å². The molecule has 1 aliphatic heterocycles. The Labute approximate surface area is 77.3 Å². The molecule has 3 nitrogen and oxygen atoms in total. The molecule has 1 aliphatic rings. The van der Waals surface area contributed by atoms with E-state index in [1.165, 1.54) is 19.4 Å². The summed E-state index contributed by atoms with van der Waals surface area (Å²) < 4.78 is 0. The highest BCUT2D eigenvalue weighted by Crippen LogP contribution is 2.08. The SMILES string of the molecule is CC.CNOC[C@@H]1CCCNC1.[HH]. The summed E-state index contributed by atoms with van der Waals surface area (Å²) in [6, 6.07) is 0. The molecule has 76 valence electrons. The molecule has 1 rings (SSSR count). The van der Waals surface area contributed by atoms with Gasteiger partial charge in [0, 0.05) is 15.0 Å². The van der Waals surface area contributed by atoms with Gasteiger partial charge in [-0.15, -0.1) is 0 Å². The second-order valence-corrected chi connectivity index (χ2v) is 2.73. The highest BCUT2D eigenvalue weighted by Gasteiger charge is 2.11. The van der Waals surface area contributed by atoms with Crippen molar-refractivity contribution in [3.05, 3.63) is 0 Å². The third-order valence-corrected chi connectivity index (χ3v) is 1.86. The molecule has 0 aliphatic carbocycles. The summed E-state index contributed by atoms with van der Waals surface area (Å²) in [6.07, 6.45) is 2.59. The second kappa shape index (κ2) is 8.97. The van der Waals surface area contributed by atoms with E-state index in [-0.39, 0.29) is 1.43 Å². The summed E-state index contributed by atoms with van der Waals surface area (Å²) in [7, 11) is 1.80. The molecule has 0 radical (unpaired) electrons. The van der Waals surface area contributed by atoms with Gasteiger partial charge in [-0.05, 0) is 25.3 Å². The molecular formula is C9H24N2O. The maximum Gasteiger partial charge on any atom is 0.0722 e. The van der Waals surface area contributed by atoms with E-state index in [2.05, 4.69) is 10.8 Å². The third kappa shape index (κ3) is 5.52. The van der Waals surface area contributed by atoms with Crippen LogP contribution in [-0.2, 0) is 4.84 Å². The maximum absolute atomic E-state index is 5.08. The number of piperidine rings is 1. The zero-order valence-corrected chi connectivity index (χ0v) is 8.52. The lowest BCUT2D eigenvalue weighted by Crippen LogP contribution is -2.33. The fourth-order valence-corrected chi connectivity index (χ4v) is 1.27. The Morgan fingerprint density at radius 2 is 2.33 bits per heavy atom. The van der Waals surface area contributed by atoms with E-state index in [9.17, 15) is 0 Å². The zero-order chi connectivity index (χ0) is 9.23. The molecule has 1 atom stereocenters. The third-order valence-electron chi connectivity index (χ3n) is 1.86. The highest BCUT2D eigenvalue weighted by molar-refractivity contribution is 4.67. The standard InChI is InChI=1S/C7H16N2O.C2H6.H2/c1-8-10-6-7-3-2-4-9-5-7;1-2;/h7-9H,2-6H2,1H3;1-2H3;1H/t7-;;/m1../s1. The molecule has 1 fully saturated rings. The van der Waals surface area contributed by atoms with Gasteiger partial charge in [-0.3, -0.25) is 0 Å². The molecule has 1 heterocycles. The van der Waals surface area contributed by atoms with Crippen molar-refractivity contribution >= 4 is 0 Å². The zero-order valence-electron chi connectivity index (χ0n) is 8.52. The maximum atomic E-state index is 5.08. The van der Waals surface area contributed by atoms with Crippen molar-refractivity contribution < 1.29 is 6.26 Å². The summed E-state index contributed by atoms with van der Waals surface area (Å²) in [5, 5.41) is 3.34. The Bertz CT molecular complexity index is 87.7. The van der Waals surface area contributed by atoms with Gasteiger partial charge in [0.15, 0.2) is 0 Å². The van der Waals surface area contributed by atoms with E-state index in [0.717, 1.165) is 13.2 Å². The Balaban J connectivity index is 0. The van der Waals surface area contributed by atoms with Crippen LogP contribution in [0.2, 0.25) is 0 Å². The van der Waals surface area contributed by atoms with E-state index in [0.29, 0.717) is 5.92 Å². The summed E-state index contributed by atoms with van der Waals surface area (Å²) in [4.78, 5) is 5.08. The number of hydrogen-bond donors (Lipinski definition) is 2. The van der Waals surface area contributed by atoms with Gasteiger partial charge in [0.25, 0.3) is 0 Å². The van der Waals surface area contributed by atoms with Gasteiger partial charge in [-0.25, -0.2) is 5.48 Å². The summed E-state index contributed by atoms with van der Waals surface area (Å²) in [6.45, 7) is 7.13. The molecule has 0 aromatic rings. The van der Waals surface area contributed by atoms with Crippen molar-refractivity contribution in [3.63, 3.8) is 0 Å². The molecule has 0 unspecified atom stereocenters. The Morgan fingerprint density at radius 1 is 1.58 bits per heavy atom. The minimum atomic E-state index is 0. The van der Waals surface area contributed by atoms with Gasteiger partial charge in [-0.1, -0.05) is 13.8 Å². The quantitative estimate of drug-likeness (QED) is 0.638. The lowest BCUT2D eigenvalue weighted by atomic mass is 10.0. The lowest BCUT2D eigenvalue weighted by Gasteiger charge is -2.21. The van der Waals surface area contributed by atoms with Crippen LogP contribution in [0.15, 0.2) is 0 Å². The van der Waals surface area contributed by atoms with Crippen molar-refractivity contribution in [1.29, 1.82) is 0 Å². The number of nitrogens with one attached hydrogen (secondary N) is 2. The smallest absolute Gasteiger partial charge is 0.0722 e. The first-order valence-corrected chi connectivity index (χ1v) is 4.92. The predicted molar refractivity (Wildman–Crippen MR) is 54.1 cm³/mol. The van der Waals surface area contributed by atoms with E-state index >= 15 is 0 Å². The van der Waals surface area contributed by atoms with Crippen LogP contribution in [0.3, 0.4) is 0 Å². The predicted octanol–water partition coefficient (Wildman–Crippen LogP) is 1.41.